The third kappa shape index (κ3) is 3.78. The van der Waals surface area contributed by atoms with Crippen LogP contribution in [0.4, 0.5) is 0 Å². The SMILES string of the molecule is Cc1ccccc1CCNC(=O)[C@H]1NCCO[C@@H]1C. The van der Waals surface area contributed by atoms with Crippen molar-refractivity contribution in [1.29, 1.82) is 0 Å². The first-order valence-electron chi connectivity index (χ1n) is 6.85. The van der Waals surface area contributed by atoms with E-state index in [-0.39, 0.29) is 18.1 Å². The third-order valence-electron chi connectivity index (χ3n) is 3.55. The highest BCUT2D eigenvalue weighted by Crippen LogP contribution is 2.07. The Morgan fingerprint density at radius 2 is 2.26 bits per heavy atom. The number of hydrogen-bond donors (Lipinski definition) is 2. The number of nitrogens with one attached hydrogen (secondary N) is 2. The predicted molar refractivity (Wildman–Crippen MR) is 75.1 cm³/mol. The molecule has 1 aromatic rings. The summed E-state index contributed by atoms with van der Waals surface area (Å²) in [6.07, 6.45) is 0.799. The highest BCUT2D eigenvalue weighted by Gasteiger charge is 2.27. The van der Waals surface area contributed by atoms with E-state index in [1.165, 1.54) is 11.1 Å². The van der Waals surface area contributed by atoms with Crippen molar-refractivity contribution in [3.63, 3.8) is 0 Å². The largest absolute Gasteiger partial charge is 0.375 e. The summed E-state index contributed by atoms with van der Waals surface area (Å²) in [7, 11) is 0. The number of amides is 1. The monoisotopic (exact) mass is 262 g/mol. The quantitative estimate of drug-likeness (QED) is 0.852. The van der Waals surface area contributed by atoms with Crippen LogP contribution in [0, 0.1) is 6.92 Å². The summed E-state index contributed by atoms with van der Waals surface area (Å²) < 4.78 is 5.47. The first-order chi connectivity index (χ1) is 9.18. The normalized spacial score (nSPS) is 23.1. The van der Waals surface area contributed by atoms with Gasteiger partial charge >= 0.3 is 0 Å². The molecule has 0 radical (unpaired) electrons. The molecule has 2 atom stereocenters. The van der Waals surface area contributed by atoms with E-state index in [4.69, 9.17) is 4.74 Å². The first-order valence-corrected chi connectivity index (χ1v) is 6.85. The van der Waals surface area contributed by atoms with Crippen LogP contribution in [0.1, 0.15) is 18.1 Å². The maximum Gasteiger partial charge on any atom is 0.239 e. The maximum absolute atomic E-state index is 12.0. The van der Waals surface area contributed by atoms with Crippen LogP contribution in [0.3, 0.4) is 0 Å². The standard InChI is InChI=1S/C15H22N2O2/c1-11-5-3-4-6-13(11)7-8-17-15(18)14-12(2)19-10-9-16-14/h3-6,12,14,16H,7-10H2,1-2H3,(H,17,18)/t12-,14+/m1/s1. The molecular formula is C15H22N2O2. The molecule has 1 saturated heterocycles. The number of benzene rings is 1. The van der Waals surface area contributed by atoms with Gasteiger partial charge in [-0.2, -0.15) is 0 Å². The lowest BCUT2D eigenvalue weighted by Crippen LogP contribution is -2.55. The van der Waals surface area contributed by atoms with Crippen LogP contribution >= 0.6 is 0 Å². The Morgan fingerprint density at radius 3 is 3.00 bits per heavy atom. The molecule has 1 aliphatic rings. The molecule has 19 heavy (non-hydrogen) atoms. The highest BCUT2D eigenvalue weighted by atomic mass is 16.5. The lowest BCUT2D eigenvalue weighted by Gasteiger charge is -2.29. The Balaban J connectivity index is 1.79. The van der Waals surface area contributed by atoms with Gasteiger partial charge < -0.3 is 15.4 Å². The van der Waals surface area contributed by atoms with Crippen LogP contribution in [-0.4, -0.2) is 37.7 Å². The second-order valence-corrected chi connectivity index (χ2v) is 4.98. The van der Waals surface area contributed by atoms with Gasteiger partial charge in [-0.25, -0.2) is 0 Å². The van der Waals surface area contributed by atoms with Crippen molar-refractivity contribution in [2.75, 3.05) is 19.7 Å². The molecule has 0 bridgehead atoms. The number of carbonyl (C=O) groups is 1. The van der Waals surface area contributed by atoms with E-state index in [0.717, 1.165) is 13.0 Å². The number of hydrogen-bond acceptors (Lipinski definition) is 3. The summed E-state index contributed by atoms with van der Waals surface area (Å²) in [5, 5.41) is 6.17. The molecule has 1 heterocycles. The molecule has 4 nitrogen and oxygen atoms in total. The lowest BCUT2D eigenvalue weighted by molar-refractivity contribution is -0.128. The van der Waals surface area contributed by atoms with Crippen molar-refractivity contribution < 1.29 is 9.53 Å². The molecule has 0 unspecified atom stereocenters. The maximum atomic E-state index is 12.0. The molecule has 4 heteroatoms. The number of morpholine rings is 1. The number of ether oxygens (including phenoxy) is 1. The number of aryl methyl sites for hydroxylation is 1. The second-order valence-electron chi connectivity index (χ2n) is 4.98. The van der Waals surface area contributed by atoms with E-state index in [9.17, 15) is 4.79 Å². The molecule has 1 fully saturated rings. The predicted octanol–water partition coefficient (Wildman–Crippen LogP) is 1.03. The Morgan fingerprint density at radius 1 is 1.47 bits per heavy atom. The molecule has 0 saturated carbocycles. The zero-order chi connectivity index (χ0) is 13.7. The first kappa shape index (κ1) is 14.0. The third-order valence-corrected chi connectivity index (χ3v) is 3.55. The summed E-state index contributed by atoms with van der Waals surface area (Å²) in [6, 6.07) is 8.03. The molecule has 1 aromatic carbocycles. The molecule has 2 rings (SSSR count). The summed E-state index contributed by atoms with van der Waals surface area (Å²) in [5.74, 6) is 0.0285. The average Bonchev–Trinajstić information content (AvgIpc) is 2.41. The van der Waals surface area contributed by atoms with Gasteiger partial charge in [-0.05, 0) is 31.4 Å². The highest BCUT2D eigenvalue weighted by molar-refractivity contribution is 5.82. The van der Waals surface area contributed by atoms with Gasteiger partial charge in [0.2, 0.25) is 5.91 Å². The molecule has 0 aromatic heterocycles. The summed E-state index contributed by atoms with van der Waals surface area (Å²) in [4.78, 5) is 12.0. The van der Waals surface area contributed by atoms with Gasteiger partial charge in [-0.3, -0.25) is 4.79 Å². The fourth-order valence-corrected chi connectivity index (χ4v) is 2.35. The number of rotatable bonds is 4. The smallest absolute Gasteiger partial charge is 0.239 e. The van der Waals surface area contributed by atoms with Crippen molar-refractivity contribution in [2.45, 2.75) is 32.4 Å². The van der Waals surface area contributed by atoms with E-state index in [1.54, 1.807) is 0 Å². The Hall–Kier alpha value is -1.39. The van der Waals surface area contributed by atoms with Gasteiger partial charge in [-0.1, -0.05) is 24.3 Å². The molecule has 0 aliphatic carbocycles. The number of carbonyl (C=O) groups excluding carboxylic acids is 1. The van der Waals surface area contributed by atoms with Crippen molar-refractivity contribution in [2.24, 2.45) is 0 Å². The molecule has 1 amide bonds. The minimum Gasteiger partial charge on any atom is -0.375 e. The van der Waals surface area contributed by atoms with Crippen molar-refractivity contribution in [1.82, 2.24) is 10.6 Å². The minimum absolute atomic E-state index is 0.0285. The summed E-state index contributed by atoms with van der Waals surface area (Å²) in [6.45, 7) is 6.09. The molecule has 1 aliphatic heterocycles. The molecular weight excluding hydrogens is 240 g/mol. The summed E-state index contributed by atoms with van der Waals surface area (Å²) in [5.41, 5.74) is 2.55. The minimum atomic E-state index is -0.231. The van der Waals surface area contributed by atoms with E-state index < -0.39 is 0 Å². The van der Waals surface area contributed by atoms with Crippen molar-refractivity contribution in [3.8, 4) is 0 Å². The van der Waals surface area contributed by atoms with Gasteiger partial charge in [0.05, 0.1) is 12.7 Å². The lowest BCUT2D eigenvalue weighted by atomic mass is 10.1. The van der Waals surface area contributed by atoms with Gasteiger partial charge in [0, 0.05) is 13.1 Å². The van der Waals surface area contributed by atoms with Crippen LogP contribution in [0.25, 0.3) is 0 Å². The zero-order valence-corrected chi connectivity index (χ0v) is 11.6. The van der Waals surface area contributed by atoms with E-state index in [0.29, 0.717) is 13.2 Å². The fourth-order valence-electron chi connectivity index (χ4n) is 2.35. The van der Waals surface area contributed by atoms with Gasteiger partial charge in [-0.15, -0.1) is 0 Å². The van der Waals surface area contributed by atoms with Crippen molar-refractivity contribution in [3.05, 3.63) is 35.4 Å². The second kappa shape index (κ2) is 6.68. The van der Waals surface area contributed by atoms with Gasteiger partial charge in [0.25, 0.3) is 0 Å². The van der Waals surface area contributed by atoms with Crippen molar-refractivity contribution >= 4 is 5.91 Å². The van der Waals surface area contributed by atoms with E-state index >= 15 is 0 Å². The summed E-state index contributed by atoms with van der Waals surface area (Å²) >= 11 is 0. The van der Waals surface area contributed by atoms with Gasteiger partial charge in [0.15, 0.2) is 0 Å². The van der Waals surface area contributed by atoms with Crippen LogP contribution in [0.5, 0.6) is 0 Å². The molecule has 104 valence electrons. The zero-order valence-electron chi connectivity index (χ0n) is 11.6. The van der Waals surface area contributed by atoms with Crippen LogP contribution < -0.4 is 10.6 Å². The Bertz CT molecular complexity index is 434. The van der Waals surface area contributed by atoms with E-state index in [2.05, 4.69) is 29.7 Å². The topological polar surface area (TPSA) is 50.4 Å². The Kier molecular flexibility index (Phi) is 4.93. The Labute approximate surface area is 114 Å². The van der Waals surface area contributed by atoms with Crippen LogP contribution in [0.2, 0.25) is 0 Å². The fraction of sp³-hybridized carbons (Fsp3) is 0.533. The molecule has 2 N–H and O–H groups in total. The van der Waals surface area contributed by atoms with Crippen LogP contribution in [0.15, 0.2) is 24.3 Å². The molecule has 0 spiro atoms. The average molecular weight is 262 g/mol. The van der Waals surface area contributed by atoms with Gasteiger partial charge in [0.1, 0.15) is 6.04 Å². The van der Waals surface area contributed by atoms with Crippen LogP contribution in [-0.2, 0) is 16.0 Å². The van der Waals surface area contributed by atoms with E-state index in [1.807, 2.05) is 19.1 Å².